The number of rotatable bonds is 4. The molecule has 0 saturated carbocycles. The van der Waals surface area contributed by atoms with Gasteiger partial charge < -0.3 is 20.3 Å². The minimum Gasteiger partial charge on any atom is -0.630 e. The van der Waals surface area contributed by atoms with E-state index in [4.69, 9.17) is 4.74 Å². The quantitative estimate of drug-likeness (QED) is 0.655. The number of quaternary nitrogens is 1. The molecule has 3 aliphatic rings. The summed E-state index contributed by atoms with van der Waals surface area (Å²) < 4.78 is 31.0. The highest BCUT2D eigenvalue weighted by Gasteiger charge is 2.45. The van der Waals surface area contributed by atoms with Crippen LogP contribution in [-0.2, 0) is 6.42 Å². The fraction of sp³-hybridized carbons (Fsp3) is 0.684. The van der Waals surface area contributed by atoms with E-state index < -0.39 is 6.43 Å². The fourth-order valence-corrected chi connectivity index (χ4v) is 4.79. The highest BCUT2D eigenvalue weighted by Crippen LogP contribution is 2.44. The maximum Gasteiger partial charge on any atom is 0.251 e. The molecule has 2 fully saturated rings. The van der Waals surface area contributed by atoms with E-state index in [-0.39, 0.29) is 17.6 Å². The molecule has 0 atom stereocenters. The number of ether oxygens (including phenoxy) is 1. The Morgan fingerprint density at radius 3 is 2.54 bits per heavy atom. The standard InChI is InChI=1S/C19H27F2N3O2/c1-18(2)9-13-7-14(22-25)15(8-16(13)26-18)24-5-3-19(4-6-24)11-23(12-19)10-17(20)21/h7-8,17H,3-6,9-12,22H2,1-2H3. The Morgan fingerprint density at radius 2 is 1.92 bits per heavy atom. The molecule has 0 aromatic heterocycles. The van der Waals surface area contributed by atoms with Crippen LogP contribution in [0.25, 0.3) is 0 Å². The Hall–Kier alpha value is -1.44. The van der Waals surface area contributed by atoms with Crippen LogP contribution in [0.1, 0.15) is 32.3 Å². The molecule has 3 aliphatic heterocycles. The first kappa shape index (κ1) is 17.9. The topological polar surface area (TPSA) is 55.4 Å². The lowest BCUT2D eigenvalue weighted by atomic mass is 9.72. The van der Waals surface area contributed by atoms with Crippen molar-refractivity contribution in [1.82, 2.24) is 4.90 Å². The summed E-state index contributed by atoms with van der Waals surface area (Å²) in [5, 5.41) is 11.6. The number of alkyl halides is 2. The Labute approximate surface area is 152 Å². The van der Waals surface area contributed by atoms with E-state index in [0.29, 0.717) is 5.69 Å². The zero-order valence-corrected chi connectivity index (χ0v) is 15.4. The summed E-state index contributed by atoms with van der Waals surface area (Å²) in [5.74, 6) is 0.877. The second-order valence-corrected chi connectivity index (χ2v) is 8.72. The van der Waals surface area contributed by atoms with Crippen molar-refractivity contribution in [3.8, 4) is 5.75 Å². The first-order valence-corrected chi connectivity index (χ1v) is 9.36. The van der Waals surface area contributed by atoms with Crippen molar-refractivity contribution in [3.63, 3.8) is 0 Å². The molecule has 144 valence electrons. The van der Waals surface area contributed by atoms with Gasteiger partial charge in [0.25, 0.3) is 6.43 Å². The third-order valence-electron chi connectivity index (χ3n) is 6.02. The summed E-state index contributed by atoms with van der Waals surface area (Å²) >= 11 is 0. The van der Waals surface area contributed by atoms with Crippen molar-refractivity contribution in [2.75, 3.05) is 37.6 Å². The van der Waals surface area contributed by atoms with Crippen molar-refractivity contribution in [1.29, 1.82) is 0 Å². The number of hydrogen-bond acceptors (Lipinski definition) is 4. The number of fused-ring (bicyclic) bond motifs is 1. The van der Waals surface area contributed by atoms with E-state index in [1.165, 1.54) is 0 Å². The van der Waals surface area contributed by atoms with Gasteiger partial charge in [-0.1, -0.05) is 0 Å². The van der Waals surface area contributed by atoms with Gasteiger partial charge in [0.2, 0.25) is 0 Å². The second kappa shape index (κ2) is 6.32. The average molecular weight is 367 g/mol. The van der Waals surface area contributed by atoms with E-state index >= 15 is 0 Å². The van der Waals surface area contributed by atoms with Gasteiger partial charge in [-0.15, -0.1) is 0 Å². The predicted molar refractivity (Wildman–Crippen MR) is 96.1 cm³/mol. The Balaban J connectivity index is 1.44. The van der Waals surface area contributed by atoms with Crippen LogP contribution in [0.2, 0.25) is 0 Å². The molecule has 1 aromatic carbocycles. The predicted octanol–water partition coefficient (Wildman–Crippen LogP) is 2.26. The van der Waals surface area contributed by atoms with Gasteiger partial charge in [-0.3, -0.25) is 4.90 Å². The Bertz CT molecular complexity index is 680. The number of piperidine rings is 1. The maximum absolute atomic E-state index is 12.5. The lowest BCUT2D eigenvalue weighted by molar-refractivity contribution is -0.496. The second-order valence-electron chi connectivity index (χ2n) is 8.72. The number of anilines is 1. The lowest BCUT2D eigenvalue weighted by Crippen LogP contribution is -2.70. The summed E-state index contributed by atoms with van der Waals surface area (Å²) in [4.78, 5) is 4.10. The van der Waals surface area contributed by atoms with Crippen LogP contribution in [0.15, 0.2) is 12.1 Å². The van der Waals surface area contributed by atoms with Crippen molar-refractivity contribution >= 4 is 11.4 Å². The van der Waals surface area contributed by atoms with Gasteiger partial charge in [0.1, 0.15) is 17.0 Å². The smallest absolute Gasteiger partial charge is 0.251 e. The monoisotopic (exact) mass is 367 g/mol. The fourth-order valence-electron chi connectivity index (χ4n) is 4.79. The van der Waals surface area contributed by atoms with Crippen molar-refractivity contribution < 1.29 is 19.0 Å². The van der Waals surface area contributed by atoms with Gasteiger partial charge in [-0.2, -0.15) is 0 Å². The molecular formula is C19H27F2N3O2. The van der Waals surface area contributed by atoms with E-state index in [9.17, 15) is 14.0 Å². The third-order valence-corrected chi connectivity index (χ3v) is 6.02. The van der Waals surface area contributed by atoms with Crippen molar-refractivity contribution in [2.45, 2.75) is 45.1 Å². The molecule has 2 N–H and O–H groups in total. The van der Waals surface area contributed by atoms with Crippen LogP contribution in [0.5, 0.6) is 5.75 Å². The average Bonchev–Trinajstić information content (AvgIpc) is 2.85. The van der Waals surface area contributed by atoms with E-state index in [1.807, 2.05) is 17.0 Å². The van der Waals surface area contributed by atoms with Gasteiger partial charge in [0, 0.05) is 50.3 Å². The van der Waals surface area contributed by atoms with Crippen molar-refractivity contribution in [2.24, 2.45) is 5.41 Å². The molecule has 0 amide bonds. The van der Waals surface area contributed by atoms with Crippen LogP contribution in [0.4, 0.5) is 20.2 Å². The molecule has 0 radical (unpaired) electrons. The number of likely N-dealkylation sites (tertiary alicyclic amines) is 1. The third kappa shape index (κ3) is 3.28. The van der Waals surface area contributed by atoms with Crippen LogP contribution < -0.4 is 15.1 Å². The molecular weight excluding hydrogens is 340 g/mol. The zero-order chi connectivity index (χ0) is 18.5. The Kier molecular flexibility index (Phi) is 4.36. The zero-order valence-electron chi connectivity index (χ0n) is 15.4. The summed E-state index contributed by atoms with van der Waals surface area (Å²) in [6, 6.07) is 3.97. The summed E-state index contributed by atoms with van der Waals surface area (Å²) in [6.07, 6.45) is 0.522. The number of nitrogens with two attached hydrogens (primary N) is 1. The molecule has 5 nitrogen and oxygen atoms in total. The summed E-state index contributed by atoms with van der Waals surface area (Å²) in [7, 11) is 0. The lowest BCUT2D eigenvalue weighted by Gasteiger charge is -2.54. The van der Waals surface area contributed by atoms with Gasteiger partial charge >= 0.3 is 0 Å². The van der Waals surface area contributed by atoms with Crippen molar-refractivity contribution in [3.05, 3.63) is 22.9 Å². The number of benzene rings is 1. The first-order chi connectivity index (χ1) is 12.3. The highest BCUT2D eigenvalue weighted by atomic mass is 19.3. The molecule has 0 bridgehead atoms. The molecule has 1 aromatic rings. The molecule has 2 saturated heterocycles. The molecule has 0 unspecified atom stereocenters. The molecule has 7 heteroatoms. The van der Waals surface area contributed by atoms with Gasteiger partial charge in [-0.25, -0.2) is 8.78 Å². The first-order valence-electron chi connectivity index (χ1n) is 9.36. The normalized spacial score (nSPS) is 23.8. The van der Waals surface area contributed by atoms with E-state index in [0.717, 1.165) is 67.9 Å². The van der Waals surface area contributed by atoms with E-state index in [1.54, 1.807) is 0 Å². The van der Waals surface area contributed by atoms with Crippen LogP contribution in [0, 0.1) is 10.6 Å². The number of hydrogen-bond donors (Lipinski definition) is 1. The van der Waals surface area contributed by atoms with Gasteiger partial charge in [0.15, 0.2) is 5.69 Å². The number of halogens is 2. The molecule has 0 aliphatic carbocycles. The molecule has 26 heavy (non-hydrogen) atoms. The Morgan fingerprint density at radius 1 is 1.23 bits per heavy atom. The largest absolute Gasteiger partial charge is 0.630 e. The van der Waals surface area contributed by atoms with Crippen LogP contribution in [0.3, 0.4) is 0 Å². The van der Waals surface area contributed by atoms with Gasteiger partial charge in [0.05, 0.1) is 6.54 Å². The maximum atomic E-state index is 12.5. The number of nitrogens with zero attached hydrogens (tertiary/aromatic N) is 2. The van der Waals surface area contributed by atoms with Crippen LogP contribution >= 0.6 is 0 Å². The minimum atomic E-state index is -2.25. The SMILES string of the molecule is CC1(C)Cc2cc([NH2+][O-])c(N3CCC4(CC3)CN(CC(F)F)C4)cc2O1. The highest BCUT2D eigenvalue weighted by molar-refractivity contribution is 5.68. The van der Waals surface area contributed by atoms with E-state index in [2.05, 4.69) is 18.7 Å². The molecule has 1 spiro atoms. The van der Waals surface area contributed by atoms with Crippen LogP contribution in [-0.4, -0.2) is 49.7 Å². The molecule has 3 heterocycles. The summed E-state index contributed by atoms with van der Waals surface area (Å²) in [5.41, 5.74) is 3.63. The molecule has 4 rings (SSSR count). The minimum absolute atomic E-state index is 0.112. The van der Waals surface area contributed by atoms with Gasteiger partial charge in [-0.05, 0) is 32.1 Å². The summed E-state index contributed by atoms with van der Waals surface area (Å²) in [6.45, 7) is 7.25.